The van der Waals surface area contributed by atoms with E-state index in [2.05, 4.69) is 5.32 Å². The average Bonchev–Trinajstić information content (AvgIpc) is 2.36. The molecule has 0 saturated heterocycles. The molecule has 1 aliphatic rings. The summed E-state index contributed by atoms with van der Waals surface area (Å²) in [5.41, 5.74) is 0. The number of ether oxygens (including phenoxy) is 1. The number of carbonyl (C=O) groups excluding carboxylic acids is 2. The first kappa shape index (κ1) is 15.1. The summed E-state index contributed by atoms with van der Waals surface area (Å²) in [7, 11) is 1.63. The van der Waals surface area contributed by atoms with Crippen LogP contribution in [0.3, 0.4) is 0 Å². The number of thioether (sulfide) groups is 1. The summed E-state index contributed by atoms with van der Waals surface area (Å²) in [6, 6.07) is 0. The Bertz CT molecular complexity index is 317. The van der Waals surface area contributed by atoms with Crippen LogP contribution in [0.25, 0.3) is 0 Å². The zero-order valence-electron chi connectivity index (χ0n) is 11.0. The van der Waals surface area contributed by atoms with Crippen LogP contribution >= 0.6 is 11.8 Å². The molecule has 1 N–H and O–H groups in total. The second kappa shape index (κ2) is 8.19. The number of nitrogens with one attached hydrogen (secondary N) is 1. The van der Waals surface area contributed by atoms with Gasteiger partial charge in [-0.1, -0.05) is 12.5 Å². The molecule has 0 bridgehead atoms. The molecule has 0 saturated carbocycles. The lowest BCUT2D eigenvalue weighted by atomic mass is 9.89. The van der Waals surface area contributed by atoms with E-state index in [0.29, 0.717) is 6.42 Å². The quantitative estimate of drug-likeness (QED) is 0.633. The molecule has 5 heteroatoms. The fourth-order valence-corrected chi connectivity index (χ4v) is 2.28. The minimum absolute atomic E-state index is 0.000765. The number of hydrogen-bond acceptors (Lipinski definition) is 4. The van der Waals surface area contributed by atoms with Gasteiger partial charge < -0.3 is 10.1 Å². The van der Waals surface area contributed by atoms with Crippen LogP contribution in [-0.4, -0.2) is 30.6 Å². The molecular formula is C13H21NO3S. The highest BCUT2D eigenvalue weighted by Crippen LogP contribution is 2.25. The molecular weight excluding hydrogens is 250 g/mol. The van der Waals surface area contributed by atoms with E-state index in [9.17, 15) is 9.59 Å². The van der Waals surface area contributed by atoms with Crippen molar-refractivity contribution in [2.75, 3.05) is 13.3 Å². The summed E-state index contributed by atoms with van der Waals surface area (Å²) >= 11 is 1.06. The molecule has 1 aliphatic carbocycles. The average molecular weight is 271 g/mol. The molecule has 0 heterocycles. The van der Waals surface area contributed by atoms with Crippen molar-refractivity contribution in [2.24, 2.45) is 5.92 Å². The van der Waals surface area contributed by atoms with Gasteiger partial charge >= 0.3 is 5.30 Å². The second-order valence-electron chi connectivity index (χ2n) is 4.39. The second-order valence-corrected chi connectivity index (χ2v) is 5.13. The maximum Gasteiger partial charge on any atom is 0.367 e. The molecule has 2 unspecified atom stereocenters. The zero-order chi connectivity index (χ0) is 13.4. The molecule has 0 fully saturated rings. The molecule has 2 atom stereocenters. The number of amides is 1. The Morgan fingerprint density at radius 1 is 1.44 bits per heavy atom. The SMILES string of the molecule is CNC(=O)CC1CCCCC=CC1OC(=O)SC. The predicted octanol–water partition coefficient (Wildman–Crippen LogP) is 2.74. The molecule has 0 spiro atoms. The third-order valence-electron chi connectivity index (χ3n) is 3.11. The Labute approximate surface area is 113 Å². The van der Waals surface area contributed by atoms with Crippen LogP contribution in [0, 0.1) is 5.92 Å². The predicted molar refractivity (Wildman–Crippen MR) is 73.6 cm³/mol. The van der Waals surface area contributed by atoms with Crippen LogP contribution in [0.5, 0.6) is 0 Å². The van der Waals surface area contributed by atoms with E-state index in [4.69, 9.17) is 4.74 Å². The summed E-state index contributed by atoms with van der Waals surface area (Å²) in [4.78, 5) is 22.9. The standard InChI is InChI=1S/C13H21NO3S/c1-14-12(15)9-10-7-5-3-4-6-8-11(10)17-13(16)18-2/h6,8,10-11H,3-5,7,9H2,1-2H3,(H,14,15). The highest BCUT2D eigenvalue weighted by Gasteiger charge is 2.25. The van der Waals surface area contributed by atoms with Crippen LogP contribution < -0.4 is 5.32 Å². The summed E-state index contributed by atoms with van der Waals surface area (Å²) in [5.74, 6) is 0.0803. The van der Waals surface area contributed by atoms with Crippen LogP contribution in [0.1, 0.15) is 32.1 Å². The van der Waals surface area contributed by atoms with Crippen LogP contribution in [0.2, 0.25) is 0 Å². The van der Waals surface area contributed by atoms with Crippen LogP contribution in [0.15, 0.2) is 12.2 Å². The first-order valence-electron chi connectivity index (χ1n) is 6.29. The van der Waals surface area contributed by atoms with E-state index in [0.717, 1.165) is 37.4 Å². The van der Waals surface area contributed by atoms with Crippen molar-refractivity contribution in [3.05, 3.63) is 12.2 Å². The van der Waals surface area contributed by atoms with Crippen molar-refractivity contribution in [1.82, 2.24) is 5.32 Å². The van der Waals surface area contributed by atoms with Gasteiger partial charge in [-0.05, 0) is 43.4 Å². The highest BCUT2D eigenvalue weighted by molar-refractivity contribution is 8.12. The van der Waals surface area contributed by atoms with Gasteiger partial charge in [0.2, 0.25) is 5.91 Å². The summed E-state index contributed by atoms with van der Waals surface area (Å²) in [5, 5.41) is 2.34. The van der Waals surface area contributed by atoms with Gasteiger partial charge in [-0.2, -0.15) is 0 Å². The van der Waals surface area contributed by atoms with Crippen molar-refractivity contribution in [3.8, 4) is 0 Å². The number of allylic oxidation sites excluding steroid dienone is 1. The first-order chi connectivity index (χ1) is 8.67. The maximum atomic E-state index is 11.5. The van der Waals surface area contributed by atoms with Gasteiger partial charge in [0.15, 0.2) is 0 Å². The maximum absolute atomic E-state index is 11.5. The van der Waals surface area contributed by atoms with Gasteiger partial charge in [0.05, 0.1) is 0 Å². The lowest BCUT2D eigenvalue weighted by Crippen LogP contribution is -2.30. The minimum atomic E-state index is -0.285. The summed E-state index contributed by atoms with van der Waals surface area (Å²) < 4.78 is 5.39. The van der Waals surface area contributed by atoms with E-state index in [1.54, 1.807) is 13.3 Å². The molecule has 4 nitrogen and oxygen atoms in total. The monoisotopic (exact) mass is 271 g/mol. The minimum Gasteiger partial charge on any atom is -0.450 e. The molecule has 18 heavy (non-hydrogen) atoms. The Morgan fingerprint density at radius 2 is 2.22 bits per heavy atom. The van der Waals surface area contributed by atoms with E-state index in [1.807, 2.05) is 12.2 Å². The third-order valence-corrected chi connectivity index (χ3v) is 3.54. The number of rotatable bonds is 3. The molecule has 1 rings (SSSR count). The van der Waals surface area contributed by atoms with Gasteiger partial charge in [0.25, 0.3) is 0 Å². The van der Waals surface area contributed by atoms with Crippen molar-refractivity contribution >= 4 is 23.0 Å². The Hall–Kier alpha value is -0.970. The lowest BCUT2D eigenvalue weighted by molar-refractivity contribution is -0.122. The fourth-order valence-electron chi connectivity index (χ4n) is 2.07. The molecule has 0 radical (unpaired) electrons. The first-order valence-corrected chi connectivity index (χ1v) is 7.51. The van der Waals surface area contributed by atoms with Gasteiger partial charge in [0.1, 0.15) is 6.10 Å². The highest BCUT2D eigenvalue weighted by atomic mass is 32.2. The van der Waals surface area contributed by atoms with Crippen molar-refractivity contribution in [3.63, 3.8) is 0 Å². The zero-order valence-corrected chi connectivity index (χ0v) is 11.8. The molecule has 1 amide bonds. The smallest absolute Gasteiger partial charge is 0.367 e. The molecule has 0 aromatic rings. The van der Waals surface area contributed by atoms with Gasteiger partial charge in [-0.3, -0.25) is 4.79 Å². The van der Waals surface area contributed by atoms with E-state index in [1.165, 1.54) is 0 Å². The number of hydrogen-bond donors (Lipinski definition) is 1. The van der Waals surface area contributed by atoms with E-state index < -0.39 is 0 Å². The Morgan fingerprint density at radius 3 is 2.89 bits per heavy atom. The molecule has 102 valence electrons. The van der Waals surface area contributed by atoms with Gasteiger partial charge in [0, 0.05) is 19.4 Å². The molecule has 0 aromatic heterocycles. The third kappa shape index (κ3) is 5.12. The number of carbonyl (C=O) groups is 2. The Kier molecular flexibility index (Phi) is 6.86. The molecule has 0 aromatic carbocycles. The fraction of sp³-hybridized carbons (Fsp3) is 0.692. The summed E-state index contributed by atoms with van der Waals surface area (Å²) in [6.45, 7) is 0. The van der Waals surface area contributed by atoms with Gasteiger partial charge in [-0.25, -0.2) is 4.79 Å². The van der Waals surface area contributed by atoms with Crippen LogP contribution in [0.4, 0.5) is 4.79 Å². The normalized spacial score (nSPS) is 23.9. The van der Waals surface area contributed by atoms with Crippen molar-refractivity contribution in [1.29, 1.82) is 0 Å². The summed E-state index contributed by atoms with van der Waals surface area (Å²) in [6.07, 6.45) is 9.95. The van der Waals surface area contributed by atoms with E-state index >= 15 is 0 Å². The lowest BCUT2D eigenvalue weighted by Gasteiger charge is -2.25. The van der Waals surface area contributed by atoms with Gasteiger partial charge in [-0.15, -0.1) is 0 Å². The topological polar surface area (TPSA) is 55.4 Å². The van der Waals surface area contributed by atoms with Crippen molar-refractivity contribution in [2.45, 2.75) is 38.2 Å². The van der Waals surface area contributed by atoms with E-state index in [-0.39, 0.29) is 23.2 Å². The van der Waals surface area contributed by atoms with Crippen molar-refractivity contribution < 1.29 is 14.3 Å². The van der Waals surface area contributed by atoms with Crippen LogP contribution in [-0.2, 0) is 9.53 Å². The Balaban J connectivity index is 2.70. The molecule has 0 aliphatic heterocycles. The largest absolute Gasteiger partial charge is 0.450 e.